The Hall–Kier alpha value is -1.98. The number of benzene rings is 1. The van der Waals surface area contributed by atoms with E-state index in [0.717, 1.165) is 30.7 Å². The minimum atomic E-state index is -0.904. The van der Waals surface area contributed by atoms with Crippen LogP contribution in [0.25, 0.3) is 5.69 Å². The third-order valence-electron chi connectivity index (χ3n) is 2.84. The van der Waals surface area contributed by atoms with Crippen molar-refractivity contribution in [1.82, 2.24) is 15.0 Å². The van der Waals surface area contributed by atoms with E-state index < -0.39 is 11.6 Å². The number of rotatable bonds is 2. The van der Waals surface area contributed by atoms with Crippen LogP contribution in [0.4, 0.5) is 14.6 Å². The predicted octanol–water partition coefficient (Wildman–Crippen LogP) is 2.01. The molecule has 88 valence electrons. The van der Waals surface area contributed by atoms with Crippen molar-refractivity contribution in [3.63, 3.8) is 0 Å². The van der Waals surface area contributed by atoms with Crippen molar-refractivity contribution in [3.05, 3.63) is 35.5 Å². The van der Waals surface area contributed by atoms with Gasteiger partial charge in [0.15, 0.2) is 17.5 Å². The molecule has 1 saturated carbocycles. The highest BCUT2D eigenvalue weighted by Crippen LogP contribution is 2.42. The van der Waals surface area contributed by atoms with Crippen LogP contribution < -0.4 is 5.73 Å². The van der Waals surface area contributed by atoms with Crippen LogP contribution in [0.5, 0.6) is 0 Å². The molecule has 0 spiro atoms. The molecular weight excluding hydrogens is 226 g/mol. The van der Waals surface area contributed by atoms with Crippen LogP contribution in [0.3, 0.4) is 0 Å². The molecule has 0 unspecified atom stereocenters. The van der Waals surface area contributed by atoms with Gasteiger partial charge in [0.2, 0.25) is 0 Å². The number of halogens is 2. The minimum absolute atomic E-state index is 0.332. The van der Waals surface area contributed by atoms with E-state index in [1.807, 2.05) is 0 Å². The molecule has 6 heteroatoms. The molecule has 1 heterocycles. The lowest BCUT2D eigenvalue weighted by atomic mass is 10.2. The van der Waals surface area contributed by atoms with E-state index in [0.29, 0.717) is 17.4 Å². The Balaban J connectivity index is 2.11. The molecule has 1 fully saturated rings. The molecule has 1 aromatic carbocycles. The zero-order valence-corrected chi connectivity index (χ0v) is 8.90. The summed E-state index contributed by atoms with van der Waals surface area (Å²) in [5, 5.41) is 7.65. The molecule has 0 radical (unpaired) electrons. The molecular formula is C11H10F2N4. The lowest BCUT2D eigenvalue weighted by Gasteiger charge is -2.05. The Morgan fingerprint density at radius 3 is 2.65 bits per heavy atom. The van der Waals surface area contributed by atoms with Crippen LogP contribution in [0, 0.1) is 11.6 Å². The summed E-state index contributed by atoms with van der Waals surface area (Å²) < 4.78 is 27.5. The van der Waals surface area contributed by atoms with Crippen molar-refractivity contribution < 1.29 is 8.78 Å². The summed E-state index contributed by atoms with van der Waals surface area (Å²) in [6.07, 6.45) is 2.06. The smallest absolute Gasteiger partial charge is 0.169 e. The van der Waals surface area contributed by atoms with Gasteiger partial charge in [-0.2, -0.15) is 0 Å². The molecule has 2 aromatic rings. The molecule has 0 aliphatic heterocycles. The number of anilines is 1. The zero-order chi connectivity index (χ0) is 12.0. The highest BCUT2D eigenvalue weighted by atomic mass is 19.2. The van der Waals surface area contributed by atoms with Gasteiger partial charge in [0.25, 0.3) is 0 Å². The average molecular weight is 236 g/mol. The standard InChI is InChI=1S/C11H10F2N4/c12-8-4-3-7(5-9(8)13)17-10(6-1-2-6)11(14)15-16-17/h3-6H,1-2,14H2. The fourth-order valence-electron chi connectivity index (χ4n) is 1.85. The van der Waals surface area contributed by atoms with Gasteiger partial charge in [-0.25, -0.2) is 13.5 Å². The lowest BCUT2D eigenvalue weighted by Crippen LogP contribution is -2.03. The zero-order valence-electron chi connectivity index (χ0n) is 8.90. The summed E-state index contributed by atoms with van der Waals surface area (Å²) in [5.41, 5.74) is 6.95. The largest absolute Gasteiger partial charge is 0.381 e. The van der Waals surface area contributed by atoms with Crippen molar-refractivity contribution in [2.45, 2.75) is 18.8 Å². The van der Waals surface area contributed by atoms with Crippen molar-refractivity contribution in [1.29, 1.82) is 0 Å². The van der Waals surface area contributed by atoms with E-state index in [2.05, 4.69) is 10.3 Å². The number of nitrogens with two attached hydrogens (primary N) is 1. The van der Waals surface area contributed by atoms with E-state index in [1.165, 1.54) is 10.7 Å². The Bertz CT molecular complexity index is 575. The topological polar surface area (TPSA) is 56.7 Å². The van der Waals surface area contributed by atoms with Gasteiger partial charge in [-0.15, -0.1) is 5.10 Å². The number of aromatic nitrogens is 3. The highest BCUT2D eigenvalue weighted by molar-refractivity contribution is 5.44. The van der Waals surface area contributed by atoms with Gasteiger partial charge in [-0.3, -0.25) is 0 Å². The molecule has 2 N–H and O–H groups in total. The van der Waals surface area contributed by atoms with Gasteiger partial charge in [0, 0.05) is 12.0 Å². The summed E-state index contributed by atoms with van der Waals surface area (Å²) in [6, 6.07) is 3.62. The fraction of sp³-hybridized carbons (Fsp3) is 0.273. The first-order valence-corrected chi connectivity index (χ1v) is 5.33. The fourth-order valence-corrected chi connectivity index (χ4v) is 1.85. The van der Waals surface area contributed by atoms with Crippen molar-refractivity contribution in [2.24, 2.45) is 0 Å². The maximum absolute atomic E-state index is 13.2. The molecule has 3 rings (SSSR count). The van der Waals surface area contributed by atoms with E-state index in [-0.39, 0.29) is 0 Å². The molecule has 1 aromatic heterocycles. The summed E-state index contributed by atoms with van der Waals surface area (Å²) in [4.78, 5) is 0. The van der Waals surface area contributed by atoms with Crippen LogP contribution in [-0.4, -0.2) is 15.0 Å². The van der Waals surface area contributed by atoms with Crippen LogP contribution in [0.1, 0.15) is 24.5 Å². The second-order valence-electron chi connectivity index (χ2n) is 4.14. The third-order valence-corrected chi connectivity index (χ3v) is 2.84. The van der Waals surface area contributed by atoms with Gasteiger partial charge < -0.3 is 5.73 Å². The van der Waals surface area contributed by atoms with E-state index in [4.69, 9.17) is 5.73 Å². The van der Waals surface area contributed by atoms with Gasteiger partial charge in [-0.1, -0.05) is 5.21 Å². The van der Waals surface area contributed by atoms with Gasteiger partial charge >= 0.3 is 0 Å². The van der Waals surface area contributed by atoms with E-state index in [9.17, 15) is 8.78 Å². The highest BCUT2D eigenvalue weighted by Gasteiger charge is 2.31. The number of nitrogen functional groups attached to an aromatic ring is 1. The van der Waals surface area contributed by atoms with Crippen LogP contribution in [0.2, 0.25) is 0 Å². The second-order valence-corrected chi connectivity index (χ2v) is 4.14. The lowest BCUT2D eigenvalue weighted by molar-refractivity contribution is 0.507. The van der Waals surface area contributed by atoms with Gasteiger partial charge in [-0.05, 0) is 25.0 Å². The van der Waals surface area contributed by atoms with E-state index in [1.54, 1.807) is 0 Å². The molecule has 0 amide bonds. The Kier molecular flexibility index (Phi) is 2.10. The second kappa shape index (κ2) is 3.51. The maximum atomic E-state index is 13.2. The molecule has 1 aliphatic rings. The average Bonchev–Trinajstić information content (AvgIpc) is 3.06. The number of hydrogen-bond acceptors (Lipinski definition) is 3. The normalized spacial score (nSPS) is 15.2. The Morgan fingerprint density at radius 1 is 1.24 bits per heavy atom. The molecule has 0 saturated heterocycles. The number of nitrogens with zero attached hydrogens (tertiary/aromatic N) is 3. The summed E-state index contributed by atoms with van der Waals surface area (Å²) >= 11 is 0. The van der Waals surface area contributed by atoms with Crippen molar-refractivity contribution >= 4 is 5.82 Å². The predicted molar refractivity (Wildman–Crippen MR) is 57.7 cm³/mol. The first kappa shape index (κ1) is 10.2. The summed E-state index contributed by atoms with van der Waals surface area (Å²) in [6.45, 7) is 0. The Morgan fingerprint density at radius 2 is 2.00 bits per heavy atom. The third kappa shape index (κ3) is 1.65. The summed E-state index contributed by atoms with van der Waals surface area (Å²) in [7, 11) is 0. The first-order chi connectivity index (χ1) is 8.16. The Labute approximate surface area is 96.0 Å². The molecule has 17 heavy (non-hydrogen) atoms. The van der Waals surface area contributed by atoms with E-state index >= 15 is 0 Å². The van der Waals surface area contributed by atoms with Gasteiger partial charge in [0.05, 0.1) is 11.4 Å². The molecule has 0 bridgehead atoms. The minimum Gasteiger partial charge on any atom is -0.381 e. The van der Waals surface area contributed by atoms with Crippen LogP contribution >= 0.6 is 0 Å². The number of hydrogen-bond donors (Lipinski definition) is 1. The maximum Gasteiger partial charge on any atom is 0.169 e. The summed E-state index contributed by atoms with van der Waals surface area (Å²) in [5.74, 6) is -1.09. The first-order valence-electron chi connectivity index (χ1n) is 5.33. The van der Waals surface area contributed by atoms with Crippen molar-refractivity contribution in [2.75, 3.05) is 5.73 Å². The SMILES string of the molecule is Nc1nnn(-c2ccc(F)c(F)c2)c1C1CC1. The van der Waals surface area contributed by atoms with Crippen LogP contribution in [0.15, 0.2) is 18.2 Å². The monoisotopic (exact) mass is 236 g/mol. The van der Waals surface area contributed by atoms with Crippen LogP contribution in [-0.2, 0) is 0 Å². The van der Waals surface area contributed by atoms with Gasteiger partial charge in [0.1, 0.15) is 0 Å². The molecule has 4 nitrogen and oxygen atoms in total. The quantitative estimate of drug-likeness (QED) is 0.867. The molecule has 0 atom stereocenters. The van der Waals surface area contributed by atoms with Crippen molar-refractivity contribution in [3.8, 4) is 5.69 Å². The molecule has 1 aliphatic carbocycles.